The van der Waals surface area contributed by atoms with Crippen molar-refractivity contribution in [2.75, 3.05) is 0 Å². The first-order chi connectivity index (χ1) is 8.67. The minimum absolute atomic E-state index is 0.0968. The lowest BCUT2D eigenvalue weighted by Crippen LogP contribution is -2.22. The Morgan fingerprint density at radius 2 is 1.56 bits per heavy atom. The smallest absolute Gasteiger partial charge is 0.178 e. The minimum Gasteiger partial charge on any atom is -0.377 e. The van der Waals surface area contributed by atoms with E-state index in [-0.39, 0.29) is 5.78 Å². The first-order valence-corrected chi connectivity index (χ1v) is 5.81. The van der Waals surface area contributed by atoms with E-state index in [4.69, 9.17) is 0 Å². The average molecular weight is 236 g/mol. The van der Waals surface area contributed by atoms with Gasteiger partial charge in [-0.05, 0) is 46.7 Å². The van der Waals surface area contributed by atoms with Crippen molar-refractivity contribution >= 4 is 16.6 Å². The van der Waals surface area contributed by atoms with Crippen LogP contribution in [0.2, 0.25) is 0 Å². The molecule has 0 fully saturated rings. The zero-order chi connectivity index (χ0) is 12.6. The van der Waals surface area contributed by atoms with E-state index >= 15 is 0 Å². The Morgan fingerprint density at radius 3 is 2.28 bits per heavy atom. The normalized spacial score (nSPS) is 17.3. The second-order valence-electron chi connectivity index (χ2n) is 4.46. The van der Waals surface area contributed by atoms with Gasteiger partial charge in [0.05, 0.1) is 0 Å². The molecule has 88 valence electrons. The maximum atomic E-state index is 11.1. The summed E-state index contributed by atoms with van der Waals surface area (Å²) in [5.74, 6) is -0.0968. The zero-order valence-electron chi connectivity index (χ0n) is 9.71. The molecule has 2 nitrogen and oxygen atoms in total. The van der Waals surface area contributed by atoms with E-state index < -0.39 is 5.60 Å². The molecule has 0 atom stereocenters. The summed E-state index contributed by atoms with van der Waals surface area (Å²) in [6, 6.07) is 13.8. The third-order valence-corrected chi connectivity index (χ3v) is 3.22. The highest BCUT2D eigenvalue weighted by Crippen LogP contribution is 2.29. The fourth-order valence-electron chi connectivity index (χ4n) is 2.16. The minimum atomic E-state index is -1.18. The molecular weight excluding hydrogens is 224 g/mol. The number of hydrogen-bond donors (Lipinski definition) is 1. The molecule has 0 aliphatic heterocycles. The van der Waals surface area contributed by atoms with Gasteiger partial charge in [-0.15, -0.1) is 0 Å². The van der Waals surface area contributed by atoms with Gasteiger partial charge in [0.1, 0.15) is 5.60 Å². The number of benzene rings is 2. The molecule has 0 aromatic heterocycles. The average Bonchev–Trinajstić information content (AvgIpc) is 2.42. The second-order valence-corrected chi connectivity index (χ2v) is 4.46. The summed E-state index contributed by atoms with van der Waals surface area (Å²) in [5.41, 5.74) is -0.418. The molecule has 0 saturated carbocycles. The van der Waals surface area contributed by atoms with E-state index in [2.05, 4.69) is 0 Å². The van der Waals surface area contributed by atoms with Crippen molar-refractivity contribution in [3.63, 3.8) is 0 Å². The van der Waals surface area contributed by atoms with E-state index in [1.807, 2.05) is 42.5 Å². The van der Waals surface area contributed by atoms with Crippen LogP contribution in [0.15, 0.2) is 66.8 Å². The van der Waals surface area contributed by atoms with Crippen LogP contribution in [-0.4, -0.2) is 10.9 Å². The molecule has 0 heterocycles. The lowest BCUT2D eigenvalue weighted by molar-refractivity contribution is -0.110. The maximum Gasteiger partial charge on any atom is 0.178 e. The first kappa shape index (κ1) is 10.9. The Balaban J connectivity index is 2.12. The fraction of sp³-hybridized carbons (Fsp3) is 0.0625. The Hall–Kier alpha value is -2.19. The van der Waals surface area contributed by atoms with Crippen LogP contribution >= 0.6 is 0 Å². The Bertz CT molecular complexity index is 664. The third kappa shape index (κ3) is 1.77. The summed E-state index contributed by atoms with van der Waals surface area (Å²) in [6.45, 7) is 0. The van der Waals surface area contributed by atoms with E-state index in [0.29, 0.717) is 0 Å². The van der Waals surface area contributed by atoms with Crippen LogP contribution in [0.3, 0.4) is 0 Å². The first-order valence-electron chi connectivity index (χ1n) is 5.81. The highest BCUT2D eigenvalue weighted by Gasteiger charge is 2.25. The predicted octanol–water partition coefficient (Wildman–Crippen LogP) is 2.72. The molecule has 18 heavy (non-hydrogen) atoms. The van der Waals surface area contributed by atoms with Crippen molar-refractivity contribution in [3.05, 3.63) is 72.3 Å². The quantitative estimate of drug-likeness (QED) is 0.826. The third-order valence-electron chi connectivity index (χ3n) is 3.22. The molecule has 0 saturated heterocycles. The van der Waals surface area contributed by atoms with Crippen LogP contribution in [0.4, 0.5) is 0 Å². The number of hydrogen-bond acceptors (Lipinski definition) is 2. The maximum absolute atomic E-state index is 11.1. The standard InChI is InChI=1S/C16H12O2/c17-15-7-9-16(18,10-8-15)14-6-5-12-3-1-2-4-13(12)11-14/h1-11,18H. The zero-order valence-corrected chi connectivity index (χ0v) is 9.71. The number of fused-ring (bicyclic) bond motifs is 1. The van der Waals surface area contributed by atoms with Gasteiger partial charge in [0.2, 0.25) is 0 Å². The van der Waals surface area contributed by atoms with Crippen molar-refractivity contribution < 1.29 is 9.90 Å². The lowest BCUT2D eigenvalue weighted by Gasteiger charge is -2.23. The van der Waals surface area contributed by atoms with Gasteiger partial charge in [-0.25, -0.2) is 0 Å². The Kier molecular flexibility index (Phi) is 2.39. The van der Waals surface area contributed by atoms with Gasteiger partial charge in [-0.2, -0.15) is 0 Å². The summed E-state index contributed by atoms with van der Waals surface area (Å²) in [6.07, 6.45) is 5.85. The molecule has 0 spiro atoms. The summed E-state index contributed by atoms with van der Waals surface area (Å²) in [4.78, 5) is 11.1. The van der Waals surface area contributed by atoms with Gasteiger partial charge in [0, 0.05) is 0 Å². The van der Waals surface area contributed by atoms with E-state index in [0.717, 1.165) is 16.3 Å². The van der Waals surface area contributed by atoms with Crippen LogP contribution in [0, 0.1) is 0 Å². The molecule has 2 aromatic rings. The van der Waals surface area contributed by atoms with Gasteiger partial charge < -0.3 is 5.11 Å². The van der Waals surface area contributed by atoms with Crippen molar-refractivity contribution in [1.29, 1.82) is 0 Å². The fourth-order valence-corrected chi connectivity index (χ4v) is 2.16. The van der Waals surface area contributed by atoms with Crippen molar-refractivity contribution in [2.24, 2.45) is 0 Å². The molecule has 0 bridgehead atoms. The summed E-state index contributed by atoms with van der Waals surface area (Å²) >= 11 is 0. The van der Waals surface area contributed by atoms with Crippen molar-refractivity contribution in [3.8, 4) is 0 Å². The van der Waals surface area contributed by atoms with Crippen LogP contribution in [0.5, 0.6) is 0 Å². The molecule has 1 N–H and O–H groups in total. The van der Waals surface area contributed by atoms with Gasteiger partial charge in [0.25, 0.3) is 0 Å². The van der Waals surface area contributed by atoms with Crippen molar-refractivity contribution in [1.82, 2.24) is 0 Å². The summed E-state index contributed by atoms with van der Waals surface area (Å²) in [5, 5.41) is 12.7. The van der Waals surface area contributed by atoms with Gasteiger partial charge in [-0.1, -0.05) is 36.4 Å². The molecule has 2 aromatic carbocycles. The molecule has 0 amide bonds. The van der Waals surface area contributed by atoms with Crippen LogP contribution in [0.1, 0.15) is 5.56 Å². The number of carbonyl (C=O) groups is 1. The second kappa shape index (κ2) is 3.93. The van der Waals surface area contributed by atoms with E-state index in [1.165, 1.54) is 24.3 Å². The highest BCUT2D eigenvalue weighted by atomic mass is 16.3. The Morgan fingerprint density at radius 1 is 0.889 bits per heavy atom. The lowest BCUT2D eigenvalue weighted by atomic mass is 9.88. The summed E-state index contributed by atoms with van der Waals surface area (Å²) in [7, 11) is 0. The van der Waals surface area contributed by atoms with Crippen LogP contribution in [-0.2, 0) is 10.4 Å². The molecule has 1 aliphatic rings. The number of aliphatic hydroxyl groups is 1. The number of allylic oxidation sites excluding steroid dienone is 2. The highest BCUT2D eigenvalue weighted by molar-refractivity contribution is 6.00. The largest absolute Gasteiger partial charge is 0.377 e. The predicted molar refractivity (Wildman–Crippen MR) is 71.1 cm³/mol. The number of rotatable bonds is 1. The number of ketones is 1. The van der Waals surface area contributed by atoms with E-state index in [1.54, 1.807) is 0 Å². The van der Waals surface area contributed by atoms with Gasteiger partial charge >= 0.3 is 0 Å². The number of carbonyl (C=O) groups excluding carboxylic acids is 1. The van der Waals surface area contributed by atoms with Crippen LogP contribution < -0.4 is 0 Å². The molecule has 1 aliphatic carbocycles. The van der Waals surface area contributed by atoms with Gasteiger partial charge in [-0.3, -0.25) is 4.79 Å². The summed E-state index contributed by atoms with van der Waals surface area (Å²) < 4.78 is 0. The monoisotopic (exact) mass is 236 g/mol. The topological polar surface area (TPSA) is 37.3 Å². The van der Waals surface area contributed by atoms with Crippen molar-refractivity contribution in [2.45, 2.75) is 5.60 Å². The molecular formula is C16H12O2. The van der Waals surface area contributed by atoms with Gasteiger partial charge in [0.15, 0.2) is 5.78 Å². The Labute approximate surface area is 105 Å². The molecule has 2 heteroatoms. The SMILES string of the molecule is O=C1C=CC(O)(c2ccc3ccccc3c2)C=C1. The van der Waals surface area contributed by atoms with Crippen LogP contribution in [0.25, 0.3) is 10.8 Å². The molecule has 0 radical (unpaired) electrons. The molecule has 0 unspecified atom stereocenters. The molecule has 3 rings (SSSR count). The van der Waals surface area contributed by atoms with E-state index in [9.17, 15) is 9.90 Å².